The second-order valence-corrected chi connectivity index (χ2v) is 4.61. The predicted molar refractivity (Wildman–Crippen MR) is 74.5 cm³/mol. The highest BCUT2D eigenvalue weighted by Gasteiger charge is 2.09. The summed E-state index contributed by atoms with van der Waals surface area (Å²) < 4.78 is 1.91. The van der Waals surface area contributed by atoms with E-state index in [0.29, 0.717) is 5.56 Å². The van der Waals surface area contributed by atoms with Gasteiger partial charge in [0.25, 0.3) is 0 Å². The lowest BCUT2D eigenvalue weighted by molar-refractivity contribution is 0.0697. The Morgan fingerprint density at radius 1 is 1.11 bits per heavy atom. The van der Waals surface area contributed by atoms with Gasteiger partial charge in [-0.25, -0.2) is 4.79 Å². The summed E-state index contributed by atoms with van der Waals surface area (Å²) in [4.78, 5) is 11.0. The molecule has 1 aromatic carbocycles. The van der Waals surface area contributed by atoms with E-state index in [2.05, 4.69) is 12.1 Å². The number of carboxylic acid groups (broad SMARTS) is 1. The van der Waals surface area contributed by atoms with Gasteiger partial charge in [-0.05, 0) is 30.7 Å². The van der Waals surface area contributed by atoms with Crippen LogP contribution in [0.2, 0.25) is 0 Å². The molecule has 3 aromatic rings. The molecule has 0 saturated heterocycles. The van der Waals surface area contributed by atoms with E-state index < -0.39 is 5.97 Å². The van der Waals surface area contributed by atoms with Gasteiger partial charge in [0.15, 0.2) is 0 Å². The van der Waals surface area contributed by atoms with Crippen molar-refractivity contribution in [2.75, 3.05) is 0 Å². The number of fused-ring (bicyclic) bond motifs is 1. The number of aromatic carboxylic acids is 1. The summed E-state index contributed by atoms with van der Waals surface area (Å²) in [7, 11) is 0. The molecule has 0 aliphatic rings. The fourth-order valence-corrected chi connectivity index (χ4v) is 2.21. The van der Waals surface area contributed by atoms with Crippen molar-refractivity contribution < 1.29 is 9.90 Å². The standard InChI is InChI=1S/C16H13NO2/c1-11-5-7-12(8-6-11)15-4-2-3-14-9-13(16(18)19)10-17(14)15/h2-10H,1H3,(H,18,19). The van der Waals surface area contributed by atoms with Crippen LogP contribution >= 0.6 is 0 Å². The molecule has 0 fully saturated rings. The van der Waals surface area contributed by atoms with Crippen LogP contribution in [0, 0.1) is 6.92 Å². The molecule has 0 aliphatic carbocycles. The first-order valence-corrected chi connectivity index (χ1v) is 6.06. The molecule has 2 heterocycles. The van der Waals surface area contributed by atoms with Gasteiger partial charge >= 0.3 is 5.97 Å². The molecule has 3 nitrogen and oxygen atoms in total. The monoisotopic (exact) mass is 251 g/mol. The average Bonchev–Trinajstić information content (AvgIpc) is 2.83. The van der Waals surface area contributed by atoms with Crippen LogP contribution in [-0.2, 0) is 0 Å². The molecule has 0 unspecified atom stereocenters. The van der Waals surface area contributed by atoms with Gasteiger partial charge in [0.2, 0.25) is 0 Å². The summed E-state index contributed by atoms with van der Waals surface area (Å²) in [5.41, 5.74) is 4.46. The topological polar surface area (TPSA) is 41.7 Å². The number of aromatic nitrogens is 1. The minimum Gasteiger partial charge on any atom is -0.478 e. The molecule has 94 valence electrons. The van der Waals surface area contributed by atoms with Gasteiger partial charge in [-0.15, -0.1) is 0 Å². The molecule has 0 spiro atoms. The van der Waals surface area contributed by atoms with E-state index in [1.807, 2.05) is 41.7 Å². The molecule has 1 N–H and O–H groups in total. The van der Waals surface area contributed by atoms with Crippen LogP contribution < -0.4 is 0 Å². The number of hydrogen-bond acceptors (Lipinski definition) is 1. The van der Waals surface area contributed by atoms with Gasteiger partial charge in [-0.1, -0.05) is 35.9 Å². The third-order valence-electron chi connectivity index (χ3n) is 3.22. The van der Waals surface area contributed by atoms with Crippen LogP contribution in [0.25, 0.3) is 16.8 Å². The predicted octanol–water partition coefficient (Wildman–Crippen LogP) is 3.61. The van der Waals surface area contributed by atoms with Crippen molar-refractivity contribution in [3.05, 3.63) is 65.9 Å². The molecule has 3 heteroatoms. The van der Waals surface area contributed by atoms with E-state index in [0.717, 1.165) is 16.8 Å². The highest BCUT2D eigenvalue weighted by molar-refractivity contribution is 5.90. The number of aryl methyl sites for hydroxylation is 1. The van der Waals surface area contributed by atoms with Crippen molar-refractivity contribution in [3.8, 4) is 11.3 Å². The van der Waals surface area contributed by atoms with E-state index in [-0.39, 0.29) is 0 Å². The fourth-order valence-electron chi connectivity index (χ4n) is 2.21. The second kappa shape index (κ2) is 4.28. The number of hydrogen-bond donors (Lipinski definition) is 1. The Labute approximate surface area is 110 Å². The average molecular weight is 251 g/mol. The van der Waals surface area contributed by atoms with Crippen LogP contribution in [0.15, 0.2) is 54.7 Å². The molecule has 0 bridgehead atoms. The third kappa shape index (κ3) is 1.99. The summed E-state index contributed by atoms with van der Waals surface area (Å²) >= 11 is 0. The molecule has 0 radical (unpaired) electrons. The first-order valence-electron chi connectivity index (χ1n) is 6.06. The molecule has 0 amide bonds. The molecule has 3 rings (SSSR count). The van der Waals surface area contributed by atoms with E-state index in [4.69, 9.17) is 5.11 Å². The summed E-state index contributed by atoms with van der Waals surface area (Å²) in [6, 6.07) is 15.7. The molecule has 2 aromatic heterocycles. The Morgan fingerprint density at radius 3 is 2.53 bits per heavy atom. The smallest absolute Gasteiger partial charge is 0.337 e. The summed E-state index contributed by atoms with van der Waals surface area (Å²) in [5, 5.41) is 9.07. The lowest BCUT2D eigenvalue weighted by atomic mass is 10.1. The van der Waals surface area contributed by atoms with Gasteiger partial charge in [-0.3, -0.25) is 0 Å². The largest absolute Gasteiger partial charge is 0.478 e. The molecule has 0 atom stereocenters. The van der Waals surface area contributed by atoms with Gasteiger partial charge in [-0.2, -0.15) is 0 Å². The Morgan fingerprint density at radius 2 is 1.84 bits per heavy atom. The Balaban J connectivity index is 2.23. The van der Waals surface area contributed by atoms with Crippen molar-refractivity contribution in [2.45, 2.75) is 6.92 Å². The first-order chi connectivity index (χ1) is 9.15. The lowest BCUT2D eigenvalue weighted by Gasteiger charge is -2.06. The van der Waals surface area contributed by atoms with Crippen molar-refractivity contribution in [1.82, 2.24) is 4.40 Å². The van der Waals surface area contributed by atoms with Crippen LogP contribution in [0.3, 0.4) is 0 Å². The van der Waals surface area contributed by atoms with Crippen LogP contribution in [-0.4, -0.2) is 15.5 Å². The van der Waals surface area contributed by atoms with E-state index in [1.54, 1.807) is 12.3 Å². The maximum Gasteiger partial charge on any atom is 0.337 e. The van der Waals surface area contributed by atoms with Gasteiger partial charge in [0.1, 0.15) is 0 Å². The molecular weight excluding hydrogens is 238 g/mol. The number of nitrogens with zero attached hydrogens (tertiary/aromatic N) is 1. The number of benzene rings is 1. The van der Waals surface area contributed by atoms with Gasteiger partial charge in [0, 0.05) is 11.7 Å². The Kier molecular flexibility index (Phi) is 2.60. The first kappa shape index (κ1) is 11.5. The van der Waals surface area contributed by atoms with E-state index in [9.17, 15) is 4.79 Å². The van der Waals surface area contributed by atoms with E-state index >= 15 is 0 Å². The molecule has 19 heavy (non-hydrogen) atoms. The molecule has 0 saturated carbocycles. The maximum absolute atomic E-state index is 11.0. The van der Waals surface area contributed by atoms with Crippen molar-refractivity contribution >= 4 is 11.5 Å². The number of carbonyl (C=O) groups is 1. The Bertz CT molecular complexity index is 754. The van der Waals surface area contributed by atoms with E-state index in [1.165, 1.54) is 5.56 Å². The number of pyridine rings is 1. The van der Waals surface area contributed by atoms with Crippen LogP contribution in [0.4, 0.5) is 0 Å². The summed E-state index contributed by atoms with van der Waals surface area (Å²) in [6.45, 7) is 2.04. The van der Waals surface area contributed by atoms with Crippen molar-refractivity contribution in [2.24, 2.45) is 0 Å². The highest BCUT2D eigenvalue weighted by Crippen LogP contribution is 2.23. The van der Waals surface area contributed by atoms with Gasteiger partial charge in [0.05, 0.1) is 11.3 Å². The highest BCUT2D eigenvalue weighted by atomic mass is 16.4. The zero-order valence-electron chi connectivity index (χ0n) is 10.5. The SMILES string of the molecule is Cc1ccc(-c2cccc3cc(C(=O)O)cn23)cc1. The zero-order chi connectivity index (χ0) is 13.4. The second-order valence-electron chi connectivity index (χ2n) is 4.61. The quantitative estimate of drug-likeness (QED) is 0.756. The van der Waals surface area contributed by atoms with Crippen molar-refractivity contribution in [3.63, 3.8) is 0 Å². The van der Waals surface area contributed by atoms with Crippen LogP contribution in [0.5, 0.6) is 0 Å². The lowest BCUT2D eigenvalue weighted by Crippen LogP contribution is -1.93. The van der Waals surface area contributed by atoms with Gasteiger partial charge < -0.3 is 9.51 Å². The maximum atomic E-state index is 11.0. The summed E-state index contributed by atoms with van der Waals surface area (Å²) in [6.07, 6.45) is 1.66. The zero-order valence-corrected chi connectivity index (χ0v) is 10.5. The minimum absolute atomic E-state index is 0.305. The Hall–Kier alpha value is -2.55. The summed E-state index contributed by atoms with van der Waals surface area (Å²) in [5.74, 6) is -0.904. The number of rotatable bonds is 2. The van der Waals surface area contributed by atoms with Crippen LogP contribution in [0.1, 0.15) is 15.9 Å². The van der Waals surface area contributed by atoms with Crippen molar-refractivity contribution in [1.29, 1.82) is 0 Å². The molecule has 0 aliphatic heterocycles. The molecular formula is C16H13NO2. The normalized spacial score (nSPS) is 10.8. The number of carboxylic acids is 1. The third-order valence-corrected chi connectivity index (χ3v) is 3.22. The minimum atomic E-state index is -0.904. The fraction of sp³-hybridized carbons (Fsp3) is 0.0625.